The zero-order valence-corrected chi connectivity index (χ0v) is 13.7. The Hall–Kier alpha value is -0.380. The van der Waals surface area contributed by atoms with Gasteiger partial charge in [-0.1, -0.05) is 12.8 Å². The molecule has 0 aromatic carbocycles. The van der Waals surface area contributed by atoms with Crippen molar-refractivity contribution in [2.24, 2.45) is 11.7 Å². The van der Waals surface area contributed by atoms with Crippen LogP contribution in [0.15, 0.2) is 6.07 Å². The van der Waals surface area contributed by atoms with Gasteiger partial charge in [-0.2, -0.15) is 0 Å². The van der Waals surface area contributed by atoms with E-state index in [4.69, 9.17) is 5.73 Å². The Labute approximate surface area is 127 Å². The van der Waals surface area contributed by atoms with E-state index >= 15 is 0 Å². The predicted molar refractivity (Wildman–Crippen MR) is 87.3 cm³/mol. The number of nitrogens with two attached hydrogens (primary N) is 1. The van der Waals surface area contributed by atoms with Crippen LogP contribution in [0.25, 0.3) is 0 Å². The van der Waals surface area contributed by atoms with E-state index in [-0.39, 0.29) is 0 Å². The average molecular weight is 292 g/mol. The van der Waals surface area contributed by atoms with Gasteiger partial charge in [0.25, 0.3) is 0 Å². The molecule has 2 aliphatic rings. The van der Waals surface area contributed by atoms with Gasteiger partial charge < -0.3 is 5.73 Å². The first kappa shape index (κ1) is 14.6. The van der Waals surface area contributed by atoms with Crippen molar-refractivity contribution in [2.45, 2.75) is 64.5 Å². The van der Waals surface area contributed by atoms with Crippen molar-refractivity contribution >= 4 is 11.3 Å². The Morgan fingerprint density at radius 1 is 1.25 bits per heavy atom. The van der Waals surface area contributed by atoms with E-state index in [0.717, 1.165) is 18.5 Å². The summed E-state index contributed by atoms with van der Waals surface area (Å²) < 4.78 is 0. The monoisotopic (exact) mass is 292 g/mol. The molecule has 1 saturated carbocycles. The van der Waals surface area contributed by atoms with Gasteiger partial charge >= 0.3 is 0 Å². The molecule has 0 amide bonds. The fourth-order valence-corrected chi connectivity index (χ4v) is 5.45. The van der Waals surface area contributed by atoms with Crippen molar-refractivity contribution in [1.29, 1.82) is 0 Å². The molecule has 2 N–H and O–H groups in total. The lowest BCUT2D eigenvalue weighted by atomic mass is 9.77. The maximum atomic E-state index is 6.20. The second-order valence-electron chi connectivity index (χ2n) is 6.61. The van der Waals surface area contributed by atoms with E-state index in [2.05, 4.69) is 24.8 Å². The van der Waals surface area contributed by atoms with Crippen LogP contribution in [0.5, 0.6) is 0 Å². The Morgan fingerprint density at radius 3 is 2.70 bits per heavy atom. The van der Waals surface area contributed by atoms with Crippen LogP contribution < -0.4 is 5.73 Å². The molecule has 1 aromatic heterocycles. The minimum Gasteiger partial charge on any atom is -0.329 e. The van der Waals surface area contributed by atoms with E-state index in [9.17, 15) is 0 Å². The van der Waals surface area contributed by atoms with Crippen LogP contribution in [0.4, 0.5) is 0 Å². The summed E-state index contributed by atoms with van der Waals surface area (Å²) in [6, 6.07) is 3.63. The van der Waals surface area contributed by atoms with Crippen molar-refractivity contribution in [2.75, 3.05) is 13.1 Å². The van der Waals surface area contributed by atoms with Crippen molar-refractivity contribution < 1.29 is 0 Å². The number of fused-ring (bicyclic) bond motifs is 1. The maximum absolute atomic E-state index is 6.20. The van der Waals surface area contributed by atoms with E-state index in [1.807, 2.05) is 11.3 Å². The fourth-order valence-electron chi connectivity index (χ4n) is 4.47. The molecule has 2 fully saturated rings. The molecule has 3 heteroatoms. The lowest BCUT2D eigenvalue weighted by Gasteiger charge is -2.47. The topological polar surface area (TPSA) is 29.3 Å². The zero-order chi connectivity index (χ0) is 14.1. The summed E-state index contributed by atoms with van der Waals surface area (Å²) in [6.45, 7) is 6.49. The molecule has 3 atom stereocenters. The number of thiophene rings is 1. The van der Waals surface area contributed by atoms with Crippen LogP contribution in [0.3, 0.4) is 0 Å². The molecule has 1 aromatic rings. The van der Waals surface area contributed by atoms with Gasteiger partial charge in [0.15, 0.2) is 0 Å². The summed E-state index contributed by atoms with van der Waals surface area (Å²) in [6.07, 6.45) is 8.50. The third-order valence-electron chi connectivity index (χ3n) is 5.35. The largest absolute Gasteiger partial charge is 0.329 e. The highest BCUT2D eigenvalue weighted by molar-refractivity contribution is 7.12. The Balaban J connectivity index is 1.86. The van der Waals surface area contributed by atoms with E-state index in [1.54, 1.807) is 0 Å². The van der Waals surface area contributed by atoms with E-state index in [0.29, 0.717) is 6.04 Å². The minimum absolute atomic E-state index is 0.450. The fraction of sp³-hybridized carbons (Fsp3) is 0.765. The molecule has 1 saturated heterocycles. The molecule has 112 valence electrons. The summed E-state index contributed by atoms with van der Waals surface area (Å²) in [5.74, 6) is 0.937. The van der Waals surface area contributed by atoms with Crippen LogP contribution in [0.2, 0.25) is 0 Å². The molecule has 0 bridgehead atoms. The second-order valence-corrected chi connectivity index (χ2v) is 8.07. The van der Waals surface area contributed by atoms with E-state index in [1.165, 1.54) is 60.4 Å². The lowest BCUT2D eigenvalue weighted by Crippen LogP contribution is -2.50. The highest BCUT2D eigenvalue weighted by atomic mass is 32.1. The third-order valence-corrected chi connectivity index (χ3v) is 6.33. The highest BCUT2D eigenvalue weighted by Crippen LogP contribution is 2.40. The summed E-state index contributed by atoms with van der Waals surface area (Å²) >= 11 is 1.92. The first-order valence-electron chi connectivity index (χ1n) is 8.23. The highest BCUT2D eigenvalue weighted by Gasteiger charge is 2.37. The SMILES string of the molecule is Cc1cc(C(CN)N2CCC[C@H]3CCCC[C@H]32)c(C)s1. The normalized spacial score (nSPS) is 29.1. The van der Waals surface area contributed by atoms with Crippen molar-refractivity contribution in [3.05, 3.63) is 21.4 Å². The van der Waals surface area contributed by atoms with Gasteiger partial charge in [0.1, 0.15) is 0 Å². The van der Waals surface area contributed by atoms with Crippen LogP contribution in [0.1, 0.15) is 59.9 Å². The molecular weight excluding hydrogens is 264 g/mol. The Bertz CT molecular complexity index is 452. The first-order valence-corrected chi connectivity index (χ1v) is 9.05. The van der Waals surface area contributed by atoms with Gasteiger partial charge in [-0.05, 0) is 63.6 Å². The molecular formula is C17H28N2S. The van der Waals surface area contributed by atoms with Crippen molar-refractivity contribution in [3.63, 3.8) is 0 Å². The number of piperidine rings is 1. The smallest absolute Gasteiger partial charge is 0.0484 e. The van der Waals surface area contributed by atoms with Crippen LogP contribution >= 0.6 is 11.3 Å². The Morgan fingerprint density at radius 2 is 2.00 bits per heavy atom. The number of rotatable bonds is 3. The molecule has 0 radical (unpaired) electrons. The van der Waals surface area contributed by atoms with Crippen LogP contribution in [0, 0.1) is 19.8 Å². The van der Waals surface area contributed by atoms with Gasteiger partial charge in [0.2, 0.25) is 0 Å². The van der Waals surface area contributed by atoms with E-state index < -0.39 is 0 Å². The van der Waals surface area contributed by atoms with Gasteiger partial charge in [0.05, 0.1) is 0 Å². The second kappa shape index (κ2) is 6.17. The molecule has 1 aliphatic heterocycles. The number of hydrogen-bond donors (Lipinski definition) is 1. The number of hydrogen-bond acceptors (Lipinski definition) is 3. The number of nitrogens with zero attached hydrogens (tertiary/aromatic N) is 1. The Kier molecular flexibility index (Phi) is 4.49. The molecule has 0 spiro atoms. The molecule has 1 unspecified atom stereocenters. The average Bonchev–Trinajstić information content (AvgIpc) is 2.79. The quantitative estimate of drug-likeness (QED) is 0.911. The molecule has 2 heterocycles. The predicted octanol–water partition coefficient (Wildman–Crippen LogP) is 4.02. The molecule has 3 rings (SSSR count). The number of aryl methyl sites for hydroxylation is 2. The molecule has 2 nitrogen and oxygen atoms in total. The minimum atomic E-state index is 0.450. The summed E-state index contributed by atoms with van der Waals surface area (Å²) in [5, 5.41) is 0. The number of likely N-dealkylation sites (tertiary alicyclic amines) is 1. The van der Waals surface area contributed by atoms with Crippen molar-refractivity contribution in [1.82, 2.24) is 4.90 Å². The molecule has 1 aliphatic carbocycles. The summed E-state index contributed by atoms with van der Waals surface area (Å²) in [7, 11) is 0. The van der Waals surface area contributed by atoms with Crippen molar-refractivity contribution in [3.8, 4) is 0 Å². The van der Waals surface area contributed by atoms with Gasteiger partial charge in [-0.25, -0.2) is 0 Å². The van der Waals surface area contributed by atoms with Gasteiger partial charge in [0, 0.05) is 28.4 Å². The lowest BCUT2D eigenvalue weighted by molar-refractivity contribution is 0.0276. The first-order chi connectivity index (χ1) is 9.70. The van der Waals surface area contributed by atoms with Crippen LogP contribution in [-0.4, -0.2) is 24.0 Å². The maximum Gasteiger partial charge on any atom is 0.0484 e. The zero-order valence-electron chi connectivity index (χ0n) is 12.9. The van der Waals surface area contributed by atoms with Gasteiger partial charge in [-0.3, -0.25) is 4.90 Å². The van der Waals surface area contributed by atoms with Gasteiger partial charge in [-0.15, -0.1) is 11.3 Å². The standard InChI is InChI=1S/C17H28N2S/c1-12-10-15(13(2)20-12)17(11-18)19-9-5-7-14-6-3-4-8-16(14)19/h10,14,16-17H,3-9,11,18H2,1-2H3/t14-,16-,17?/m1/s1. The third kappa shape index (κ3) is 2.68. The molecule has 20 heavy (non-hydrogen) atoms. The summed E-state index contributed by atoms with van der Waals surface area (Å²) in [5.41, 5.74) is 7.70. The summed E-state index contributed by atoms with van der Waals surface area (Å²) in [4.78, 5) is 5.66. The van der Waals surface area contributed by atoms with Crippen LogP contribution in [-0.2, 0) is 0 Å².